The summed E-state index contributed by atoms with van der Waals surface area (Å²) in [5.74, 6) is 2.05. The molecule has 0 aliphatic carbocycles. The SMILES string of the molecule is COc1ccc(-c2noc(CN3CC(n4cc(C)cn4)C3)n2)cc1. The minimum Gasteiger partial charge on any atom is -0.497 e. The Morgan fingerprint density at radius 3 is 2.71 bits per heavy atom. The molecular formula is C17H19N5O2. The van der Waals surface area contributed by atoms with Crippen LogP contribution < -0.4 is 4.74 Å². The summed E-state index contributed by atoms with van der Waals surface area (Å²) >= 11 is 0. The second-order valence-electron chi connectivity index (χ2n) is 6.09. The van der Waals surface area contributed by atoms with Gasteiger partial charge in [0, 0.05) is 24.8 Å². The van der Waals surface area contributed by atoms with Gasteiger partial charge in [0.25, 0.3) is 0 Å². The van der Waals surface area contributed by atoms with Crippen molar-refractivity contribution in [2.75, 3.05) is 20.2 Å². The maximum absolute atomic E-state index is 5.37. The van der Waals surface area contributed by atoms with Gasteiger partial charge in [-0.2, -0.15) is 10.1 Å². The molecule has 1 saturated heterocycles. The van der Waals surface area contributed by atoms with Gasteiger partial charge in [0.05, 0.1) is 25.9 Å². The molecule has 7 heteroatoms. The highest BCUT2D eigenvalue weighted by atomic mass is 16.5. The van der Waals surface area contributed by atoms with E-state index in [-0.39, 0.29) is 0 Å². The Morgan fingerprint density at radius 1 is 1.25 bits per heavy atom. The van der Waals surface area contributed by atoms with Crippen LogP contribution in [0.25, 0.3) is 11.4 Å². The van der Waals surface area contributed by atoms with E-state index in [9.17, 15) is 0 Å². The molecule has 0 N–H and O–H groups in total. The minimum absolute atomic E-state index is 0.433. The first-order valence-electron chi connectivity index (χ1n) is 7.91. The Hall–Kier alpha value is -2.67. The molecule has 4 rings (SSSR count). The van der Waals surface area contributed by atoms with Gasteiger partial charge in [-0.15, -0.1) is 0 Å². The van der Waals surface area contributed by atoms with E-state index in [2.05, 4.69) is 33.3 Å². The van der Waals surface area contributed by atoms with Crippen molar-refractivity contribution < 1.29 is 9.26 Å². The van der Waals surface area contributed by atoms with Crippen LogP contribution in [0.1, 0.15) is 17.5 Å². The molecule has 1 aliphatic rings. The zero-order valence-electron chi connectivity index (χ0n) is 13.7. The Labute approximate surface area is 139 Å². The van der Waals surface area contributed by atoms with Crippen LogP contribution in [-0.2, 0) is 6.54 Å². The molecule has 0 spiro atoms. The van der Waals surface area contributed by atoms with Gasteiger partial charge in [0.15, 0.2) is 0 Å². The molecule has 0 radical (unpaired) electrons. The number of benzene rings is 1. The lowest BCUT2D eigenvalue weighted by Gasteiger charge is -2.38. The molecule has 0 amide bonds. The molecule has 0 atom stereocenters. The molecule has 0 unspecified atom stereocenters. The van der Waals surface area contributed by atoms with Crippen LogP contribution >= 0.6 is 0 Å². The third-order valence-electron chi connectivity index (χ3n) is 4.22. The predicted octanol–water partition coefficient (Wildman–Crippen LogP) is 2.31. The maximum atomic E-state index is 5.37. The van der Waals surface area contributed by atoms with E-state index in [0.717, 1.165) is 24.4 Å². The number of ether oxygens (including phenoxy) is 1. The summed E-state index contributed by atoms with van der Waals surface area (Å²) < 4.78 is 12.6. The Balaban J connectivity index is 1.36. The van der Waals surface area contributed by atoms with Crippen molar-refractivity contribution >= 4 is 0 Å². The van der Waals surface area contributed by atoms with Crippen molar-refractivity contribution in [3.8, 4) is 17.1 Å². The van der Waals surface area contributed by atoms with E-state index in [1.54, 1.807) is 7.11 Å². The van der Waals surface area contributed by atoms with E-state index < -0.39 is 0 Å². The van der Waals surface area contributed by atoms with Gasteiger partial charge < -0.3 is 9.26 Å². The number of aromatic nitrogens is 4. The molecule has 1 fully saturated rings. The van der Waals surface area contributed by atoms with Gasteiger partial charge in [0.2, 0.25) is 11.7 Å². The highest BCUT2D eigenvalue weighted by molar-refractivity contribution is 5.55. The molecule has 1 aliphatic heterocycles. The molecule has 3 heterocycles. The van der Waals surface area contributed by atoms with Crippen LogP contribution in [-0.4, -0.2) is 45.0 Å². The third-order valence-corrected chi connectivity index (χ3v) is 4.22. The normalized spacial score (nSPS) is 15.4. The fourth-order valence-corrected chi connectivity index (χ4v) is 2.84. The average Bonchev–Trinajstić information content (AvgIpc) is 3.19. The average molecular weight is 325 g/mol. The number of aryl methyl sites for hydroxylation is 1. The van der Waals surface area contributed by atoms with E-state index in [1.165, 1.54) is 5.56 Å². The van der Waals surface area contributed by atoms with Crippen molar-refractivity contribution in [1.29, 1.82) is 0 Å². The fraction of sp³-hybridized carbons (Fsp3) is 0.353. The zero-order valence-corrected chi connectivity index (χ0v) is 13.7. The van der Waals surface area contributed by atoms with Crippen molar-refractivity contribution in [1.82, 2.24) is 24.8 Å². The number of methoxy groups -OCH3 is 1. The number of rotatable bonds is 5. The summed E-state index contributed by atoms with van der Waals surface area (Å²) in [7, 11) is 1.65. The molecular weight excluding hydrogens is 306 g/mol. The van der Waals surface area contributed by atoms with Crippen molar-refractivity contribution in [3.63, 3.8) is 0 Å². The predicted molar refractivity (Wildman–Crippen MR) is 87.6 cm³/mol. The van der Waals surface area contributed by atoms with Crippen LogP contribution in [0.3, 0.4) is 0 Å². The van der Waals surface area contributed by atoms with Crippen LogP contribution in [0.4, 0.5) is 0 Å². The maximum Gasteiger partial charge on any atom is 0.241 e. The smallest absolute Gasteiger partial charge is 0.241 e. The largest absolute Gasteiger partial charge is 0.497 e. The molecule has 0 bridgehead atoms. The van der Waals surface area contributed by atoms with Gasteiger partial charge in [-0.3, -0.25) is 9.58 Å². The summed E-state index contributed by atoms with van der Waals surface area (Å²) in [6.45, 7) is 4.61. The number of hydrogen-bond acceptors (Lipinski definition) is 6. The van der Waals surface area contributed by atoms with Crippen molar-refractivity contribution in [2.24, 2.45) is 0 Å². The van der Waals surface area contributed by atoms with Crippen LogP contribution in [0.15, 0.2) is 41.2 Å². The molecule has 0 saturated carbocycles. The van der Waals surface area contributed by atoms with Gasteiger partial charge in [0.1, 0.15) is 5.75 Å². The number of nitrogens with zero attached hydrogens (tertiary/aromatic N) is 5. The van der Waals surface area contributed by atoms with Gasteiger partial charge in [-0.05, 0) is 36.8 Å². The van der Waals surface area contributed by atoms with Crippen LogP contribution in [0.2, 0.25) is 0 Å². The van der Waals surface area contributed by atoms with E-state index in [4.69, 9.17) is 9.26 Å². The van der Waals surface area contributed by atoms with Crippen molar-refractivity contribution in [3.05, 3.63) is 48.1 Å². The van der Waals surface area contributed by atoms with E-state index in [1.807, 2.05) is 35.1 Å². The highest BCUT2D eigenvalue weighted by Crippen LogP contribution is 2.24. The number of hydrogen-bond donors (Lipinski definition) is 0. The van der Waals surface area contributed by atoms with Gasteiger partial charge in [-0.25, -0.2) is 0 Å². The molecule has 24 heavy (non-hydrogen) atoms. The van der Waals surface area contributed by atoms with E-state index >= 15 is 0 Å². The summed E-state index contributed by atoms with van der Waals surface area (Å²) in [5, 5.41) is 8.43. The summed E-state index contributed by atoms with van der Waals surface area (Å²) in [6, 6.07) is 8.05. The second-order valence-corrected chi connectivity index (χ2v) is 6.09. The standard InChI is InChI=1S/C17H19N5O2/c1-12-7-18-22(8-12)14-9-21(10-14)11-16-19-17(20-24-16)13-3-5-15(23-2)6-4-13/h3-8,14H,9-11H2,1-2H3. The second kappa shape index (κ2) is 6.09. The highest BCUT2D eigenvalue weighted by Gasteiger charge is 2.29. The first kappa shape index (κ1) is 14.9. The minimum atomic E-state index is 0.433. The summed E-state index contributed by atoms with van der Waals surface area (Å²) in [4.78, 5) is 6.75. The lowest BCUT2D eigenvalue weighted by molar-refractivity contribution is 0.0790. The quantitative estimate of drug-likeness (QED) is 0.717. The zero-order chi connectivity index (χ0) is 16.5. The molecule has 1 aromatic carbocycles. The van der Waals surface area contributed by atoms with E-state index in [0.29, 0.717) is 24.3 Å². The Bertz CT molecular complexity index is 818. The molecule has 3 aromatic rings. The molecule has 7 nitrogen and oxygen atoms in total. The topological polar surface area (TPSA) is 69.2 Å². The Morgan fingerprint density at radius 2 is 2.04 bits per heavy atom. The van der Waals surface area contributed by atoms with Crippen molar-refractivity contribution in [2.45, 2.75) is 19.5 Å². The number of likely N-dealkylation sites (tertiary alicyclic amines) is 1. The summed E-state index contributed by atoms with van der Waals surface area (Å²) in [6.07, 6.45) is 3.97. The molecule has 2 aromatic heterocycles. The van der Waals surface area contributed by atoms with Gasteiger partial charge in [-0.1, -0.05) is 5.16 Å². The monoisotopic (exact) mass is 325 g/mol. The third kappa shape index (κ3) is 2.90. The summed E-state index contributed by atoms with van der Waals surface area (Å²) in [5.41, 5.74) is 2.11. The van der Waals surface area contributed by atoms with Crippen LogP contribution in [0.5, 0.6) is 5.75 Å². The van der Waals surface area contributed by atoms with Crippen LogP contribution in [0, 0.1) is 6.92 Å². The lowest BCUT2D eigenvalue weighted by Crippen LogP contribution is -2.47. The first-order chi connectivity index (χ1) is 11.7. The van der Waals surface area contributed by atoms with Gasteiger partial charge >= 0.3 is 0 Å². The Kier molecular flexibility index (Phi) is 3.78. The first-order valence-corrected chi connectivity index (χ1v) is 7.91. The fourth-order valence-electron chi connectivity index (χ4n) is 2.84. The molecule has 124 valence electrons. The lowest BCUT2D eigenvalue weighted by atomic mass is 10.1.